The van der Waals surface area contributed by atoms with Crippen LogP contribution in [0.15, 0.2) is 41.3 Å². The van der Waals surface area contributed by atoms with Gasteiger partial charge in [0.2, 0.25) is 11.7 Å². The van der Waals surface area contributed by atoms with E-state index >= 15 is 0 Å². The number of ether oxygens (including phenoxy) is 3. The molecule has 0 unspecified atom stereocenters. The predicted octanol–water partition coefficient (Wildman–Crippen LogP) is 2.91. The molecule has 0 radical (unpaired) electrons. The van der Waals surface area contributed by atoms with E-state index in [0.717, 1.165) is 24.8 Å². The molecule has 0 bridgehead atoms. The van der Waals surface area contributed by atoms with E-state index in [1.165, 1.54) is 6.07 Å². The number of aromatic nitrogens is 3. The summed E-state index contributed by atoms with van der Waals surface area (Å²) in [6, 6.07) is 8.86. The molecular weight excluding hydrogens is 434 g/mol. The molecule has 1 N–H and O–H groups in total. The molecule has 5 rings (SSSR count). The van der Waals surface area contributed by atoms with Crippen LogP contribution in [-0.4, -0.2) is 56.7 Å². The highest BCUT2D eigenvalue weighted by Gasteiger charge is 2.48. The molecule has 8 nitrogen and oxygen atoms in total. The van der Waals surface area contributed by atoms with Crippen molar-refractivity contribution in [1.82, 2.24) is 14.0 Å². The number of aryl methyl sites for hydroxylation is 1. The van der Waals surface area contributed by atoms with Gasteiger partial charge in [-0.1, -0.05) is 43.5 Å². The normalized spacial score (nSPS) is 24.8. The Hall–Kier alpha value is -2.39. The summed E-state index contributed by atoms with van der Waals surface area (Å²) in [6.45, 7) is 3.33. The van der Waals surface area contributed by atoms with Gasteiger partial charge < -0.3 is 19.3 Å². The van der Waals surface area contributed by atoms with Gasteiger partial charge in [0.15, 0.2) is 6.10 Å². The number of unbranched alkanes of at least 4 members (excludes halogenated alkanes) is 2. The lowest BCUT2D eigenvalue weighted by molar-refractivity contribution is 0.00691. The minimum absolute atomic E-state index is 0.224. The second-order valence-corrected chi connectivity index (χ2v) is 8.74. The van der Waals surface area contributed by atoms with Gasteiger partial charge in [-0.3, -0.25) is 13.8 Å². The number of nitrogens with zero attached hydrogens (tertiary/aromatic N) is 3. The Balaban J connectivity index is 1.53. The molecular formula is C23H26ClN3O5. The second kappa shape index (κ2) is 8.86. The molecule has 0 amide bonds. The smallest absolute Gasteiger partial charge is 0.262 e. The number of rotatable bonds is 7. The van der Waals surface area contributed by atoms with Crippen molar-refractivity contribution in [3.8, 4) is 17.1 Å². The van der Waals surface area contributed by atoms with Crippen molar-refractivity contribution in [1.29, 1.82) is 0 Å². The van der Waals surface area contributed by atoms with Crippen LogP contribution in [0.1, 0.15) is 26.2 Å². The summed E-state index contributed by atoms with van der Waals surface area (Å²) in [6.07, 6.45) is 2.98. The second-order valence-electron chi connectivity index (χ2n) is 8.30. The highest BCUT2D eigenvalue weighted by atomic mass is 35.5. The third kappa shape index (κ3) is 3.92. The third-order valence-corrected chi connectivity index (χ3v) is 6.31. The van der Waals surface area contributed by atoms with Crippen LogP contribution in [0.4, 0.5) is 0 Å². The molecule has 2 aromatic heterocycles. The van der Waals surface area contributed by atoms with Gasteiger partial charge in [-0.25, -0.2) is 4.98 Å². The van der Waals surface area contributed by atoms with Crippen molar-refractivity contribution in [3.05, 3.63) is 51.9 Å². The maximum Gasteiger partial charge on any atom is 0.262 e. The van der Waals surface area contributed by atoms with Gasteiger partial charge in [0, 0.05) is 23.3 Å². The van der Waals surface area contributed by atoms with Crippen LogP contribution in [0.25, 0.3) is 17.0 Å². The quantitative estimate of drug-likeness (QED) is 0.547. The number of halogens is 1. The van der Waals surface area contributed by atoms with Crippen LogP contribution in [0, 0.1) is 0 Å². The maximum atomic E-state index is 12.9. The fraction of sp³-hybridized carbons (Fsp3) is 0.478. The minimum atomic E-state index is -0.656. The Morgan fingerprint density at radius 2 is 1.97 bits per heavy atom. The fourth-order valence-corrected chi connectivity index (χ4v) is 4.49. The Bertz CT molecular complexity index is 1160. The van der Waals surface area contributed by atoms with Gasteiger partial charge in [0.1, 0.15) is 18.3 Å². The van der Waals surface area contributed by atoms with E-state index in [1.54, 1.807) is 22.7 Å². The molecule has 170 valence electrons. The number of imidazole rings is 1. The van der Waals surface area contributed by atoms with Gasteiger partial charge in [-0.15, -0.1) is 0 Å². The summed E-state index contributed by atoms with van der Waals surface area (Å²) in [7, 11) is 0. The number of fused-ring (bicyclic) bond motifs is 2. The summed E-state index contributed by atoms with van der Waals surface area (Å²) >= 11 is 6.02. The summed E-state index contributed by atoms with van der Waals surface area (Å²) < 4.78 is 21.1. The van der Waals surface area contributed by atoms with Crippen molar-refractivity contribution in [2.24, 2.45) is 0 Å². The first-order valence-corrected chi connectivity index (χ1v) is 11.4. The highest BCUT2D eigenvalue weighted by Crippen LogP contribution is 2.30. The van der Waals surface area contributed by atoms with Gasteiger partial charge in [0.25, 0.3) is 5.56 Å². The third-order valence-electron chi connectivity index (χ3n) is 6.06. The summed E-state index contributed by atoms with van der Waals surface area (Å²) in [4.78, 5) is 17.7. The SMILES string of the molecule is CCCCCn1c(O[C@@H]2CO[C@H]3[C@@H]2OC[C@H]3O)cc(=O)n2cc(-c3ccc(Cl)cc3)nc12. The van der Waals surface area contributed by atoms with E-state index in [4.69, 9.17) is 30.8 Å². The van der Waals surface area contributed by atoms with Crippen molar-refractivity contribution in [2.45, 2.75) is 57.1 Å². The van der Waals surface area contributed by atoms with E-state index in [0.29, 0.717) is 35.5 Å². The average Bonchev–Trinajstić information content (AvgIpc) is 3.49. The Labute approximate surface area is 190 Å². The first-order valence-electron chi connectivity index (χ1n) is 11.0. The number of hydrogen-bond donors (Lipinski definition) is 1. The minimum Gasteiger partial charge on any atom is -0.470 e. The Morgan fingerprint density at radius 1 is 1.19 bits per heavy atom. The Kier molecular flexibility index (Phi) is 5.94. The van der Waals surface area contributed by atoms with Crippen molar-refractivity contribution in [2.75, 3.05) is 13.2 Å². The summed E-state index contributed by atoms with van der Waals surface area (Å²) in [5.74, 6) is 0.961. The molecule has 2 fully saturated rings. The molecule has 32 heavy (non-hydrogen) atoms. The average molecular weight is 460 g/mol. The van der Waals surface area contributed by atoms with Crippen LogP contribution >= 0.6 is 11.6 Å². The van der Waals surface area contributed by atoms with Crippen LogP contribution < -0.4 is 10.3 Å². The molecule has 0 spiro atoms. The van der Waals surface area contributed by atoms with Gasteiger partial charge in [-0.2, -0.15) is 0 Å². The lowest BCUT2D eigenvalue weighted by Gasteiger charge is -2.21. The summed E-state index contributed by atoms with van der Waals surface area (Å²) in [5, 5.41) is 10.7. The van der Waals surface area contributed by atoms with Crippen molar-refractivity contribution < 1.29 is 19.3 Å². The zero-order valence-corrected chi connectivity index (χ0v) is 18.6. The monoisotopic (exact) mass is 459 g/mol. The fourth-order valence-electron chi connectivity index (χ4n) is 4.36. The van der Waals surface area contributed by atoms with Crippen LogP contribution in [0.5, 0.6) is 5.88 Å². The lowest BCUT2D eigenvalue weighted by Crippen LogP contribution is -2.35. The first kappa shape index (κ1) is 21.5. The van der Waals surface area contributed by atoms with Crippen molar-refractivity contribution in [3.63, 3.8) is 0 Å². The molecule has 2 saturated heterocycles. The van der Waals surface area contributed by atoms with E-state index in [9.17, 15) is 9.90 Å². The largest absolute Gasteiger partial charge is 0.470 e. The highest BCUT2D eigenvalue weighted by molar-refractivity contribution is 6.30. The van der Waals surface area contributed by atoms with Crippen LogP contribution in [0.3, 0.4) is 0 Å². The van der Waals surface area contributed by atoms with Gasteiger partial charge >= 0.3 is 0 Å². The van der Waals surface area contributed by atoms with Gasteiger partial charge in [0.05, 0.1) is 25.0 Å². The number of aliphatic hydroxyl groups excluding tert-OH is 1. The van der Waals surface area contributed by atoms with Crippen molar-refractivity contribution >= 4 is 17.4 Å². The molecule has 1 aromatic carbocycles. The standard InChI is InChI=1S/C23H26ClN3O5/c1-2-3-4-9-26-20(32-18-13-31-21-17(28)12-30-22(18)21)10-19(29)27-11-16(25-23(26)27)14-5-7-15(24)8-6-14/h5-8,10-11,17-18,21-22,28H,2-4,9,12-13H2,1H3/t17-,18-,21-,22-/m1/s1. The van der Waals surface area contributed by atoms with E-state index in [-0.39, 0.29) is 18.3 Å². The van der Waals surface area contributed by atoms with Crippen LogP contribution in [-0.2, 0) is 16.0 Å². The van der Waals surface area contributed by atoms with E-state index in [1.807, 2.05) is 16.7 Å². The number of benzene rings is 1. The lowest BCUT2D eigenvalue weighted by atomic mass is 10.1. The zero-order valence-electron chi connectivity index (χ0n) is 17.8. The topological polar surface area (TPSA) is 87.2 Å². The molecule has 4 atom stereocenters. The van der Waals surface area contributed by atoms with E-state index in [2.05, 4.69) is 6.92 Å². The molecule has 2 aliphatic rings. The molecule has 4 heterocycles. The maximum absolute atomic E-state index is 12.9. The Morgan fingerprint density at radius 3 is 2.75 bits per heavy atom. The molecule has 0 saturated carbocycles. The first-order chi connectivity index (χ1) is 15.5. The van der Waals surface area contributed by atoms with E-state index < -0.39 is 18.3 Å². The molecule has 3 aromatic rings. The summed E-state index contributed by atoms with van der Waals surface area (Å²) in [5.41, 5.74) is 1.34. The van der Waals surface area contributed by atoms with Crippen LogP contribution in [0.2, 0.25) is 5.02 Å². The molecule has 9 heteroatoms. The number of hydrogen-bond acceptors (Lipinski definition) is 6. The molecule has 0 aliphatic carbocycles. The zero-order chi connectivity index (χ0) is 22.2. The number of aliphatic hydroxyl groups is 1. The molecule has 2 aliphatic heterocycles. The van der Waals surface area contributed by atoms with Gasteiger partial charge in [-0.05, 0) is 18.6 Å². The predicted molar refractivity (Wildman–Crippen MR) is 119 cm³/mol.